The average molecular weight is 272 g/mol. The molecule has 3 aromatic heterocycles. The summed E-state index contributed by atoms with van der Waals surface area (Å²) in [5.74, 6) is 0. The molecule has 3 aromatic rings. The molecule has 19 heavy (non-hydrogen) atoms. The summed E-state index contributed by atoms with van der Waals surface area (Å²) in [5, 5.41) is 9.98. The fourth-order valence-corrected chi connectivity index (χ4v) is 2.93. The second-order valence-electron chi connectivity index (χ2n) is 4.48. The SMILES string of the molecule is CCNCc1cn(C)nc1-c1cnc2ccsc2c1. The molecule has 0 fully saturated rings. The summed E-state index contributed by atoms with van der Waals surface area (Å²) in [4.78, 5) is 4.49. The van der Waals surface area contributed by atoms with Crippen molar-refractivity contribution in [2.75, 3.05) is 6.54 Å². The molecule has 4 nitrogen and oxygen atoms in total. The number of rotatable bonds is 4. The third-order valence-corrected chi connectivity index (χ3v) is 3.90. The normalized spacial score (nSPS) is 11.3. The van der Waals surface area contributed by atoms with Crippen molar-refractivity contribution in [1.29, 1.82) is 0 Å². The number of thiophene rings is 1. The van der Waals surface area contributed by atoms with Crippen LogP contribution in [0.25, 0.3) is 21.5 Å². The van der Waals surface area contributed by atoms with Crippen molar-refractivity contribution < 1.29 is 0 Å². The van der Waals surface area contributed by atoms with E-state index >= 15 is 0 Å². The number of hydrogen-bond acceptors (Lipinski definition) is 4. The van der Waals surface area contributed by atoms with Crippen LogP contribution in [0.1, 0.15) is 12.5 Å². The Kier molecular flexibility index (Phi) is 3.31. The molecule has 0 bridgehead atoms. The van der Waals surface area contributed by atoms with Crippen molar-refractivity contribution in [2.24, 2.45) is 7.05 Å². The molecule has 0 spiro atoms. The fraction of sp³-hybridized carbons (Fsp3) is 0.286. The van der Waals surface area contributed by atoms with Gasteiger partial charge in [-0.25, -0.2) is 0 Å². The van der Waals surface area contributed by atoms with E-state index in [1.54, 1.807) is 11.3 Å². The first kappa shape index (κ1) is 12.3. The van der Waals surface area contributed by atoms with Crippen LogP contribution in [0, 0.1) is 0 Å². The second-order valence-corrected chi connectivity index (χ2v) is 5.43. The molecule has 98 valence electrons. The first-order chi connectivity index (χ1) is 9.28. The zero-order chi connectivity index (χ0) is 13.2. The summed E-state index contributed by atoms with van der Waals surface area (Å²) < 4.78 is 3.07. The average Bonchev–Trinajstić information content (AvgIpc) is 3.01. The minimum atomic E-state index is 0.835. The van der Waals surface area contributed by atoms with Gasteiger partial charge in [0.1, 0.15) is 0 Å². The highest BCUT2D eigenvalue weighted by Crippen LogP contribution is 2.27. The van der Waals surface area contributed by atoms with Gasteiger partial charge >= 0.3 is 0 Å². The Hall–Kier alpha value is -1.72. The van der Waals surface area contributed by atoms with E-state index in [9.17, 15) is 0 Å². The third kappa shape index (κ3) is 2.39. The van der Waals surface area contributed by atoms with E-state index in [1.165, 1.54) is 10.3 Å². The summed E-state index contributed by atoms with van der Waals surface area (Å²) in [6.45, 7) is 3.90. The maximum Gasteiger partial charge on any atom is 0.0983 e. The number of hydrogen-bond donors (Lipinski definition) is 1. The van der Waals surface area contributed by atoms with Crippen molar-refractivity contribution in [3.63, 3.8) is 0 Å². The van der Waals surface area contributed by atoms with E-state index in [0.717, 1.165) is 29.9 Å². The van der Waals surface area contributed by atoms with E-state index in [-0.39, 0.29) is 0 Å². The lowest BCUT2D eigenvalue weighted by Crippen LogP contribution is -2.11. The molecular weight excluding hydrogens is 256 g/mol. The molecule has 1 N–H and O–H groups in total. The van der Waals surface area contributed by atoms with Gasteiger partial charge in [0, 0.05) is 37.1 Å². The molecule has 0 amide bonds. The molecule has 5 heteroatoms. The van der Waals surface area contributed by atoms with Gasteiger partial charge in [0.25, 0.3) is 0 Å². The Morgan fingerprint density at radius 2 is 2.32 bits per heavy atom. The smallest absolute Gasteiger partial charge is 0.0983 e. The van der Waals surface area contributed by atoms with Crippen molar-refractivity contribution in [3.05, 3.63) is 35.5 Å². The molecule has 3 heterocycles. The molecule has 0 aliphatic carbocycles. The van der Waals surface area contributed by atoms with Gasteiger partial charge in [-0.3, -0.25) is 9.67 Å². The first-order valence-electron chi connectivity index (χ1n) is 6.35. The van der Waals surface area contributed by atoms with E-state index in [4.69, 9.17) is 0 Å². The largest absolute Gasteiger partial charge is 0.313 e. The van der Waals surface area contributed by atoms with Crippen LogP contribution in [0.15, 0.2) is 29.9 Å². The van der Waals surface area contributed by atoms with Gasteiger partial charge in [0.2, 0.25) is 0 Å². The molecule has 0 saturated heterocycles. The summed E-state index contributed by atoms with van der Waals surface area (Å²) in [6, 6.07) is 4.21. The topological polar surface area (TPSA) is 42.7 Å². The molecule has 0 unspecified atom stereocenters. The molecule has 0 aliphatic heterocycles. The Bertz CT molecular complexity index is 698. The van der Waals surface area contributed by atoms with Gasteiger partial charge < -0.3 is 5.32 Å². The first-order valence-corrected chi connectivity index (χ1v) is 7.22. The highest BCUT2D eigenvalue weighted by molar-refractivity contribution is 7.17. The zero-order valence-corrected chi connectivity index (χ0v) is 11.9. The predicted octanol–water partition coefficient (Wildman–Crippen LogP) is 2.81. The van der Waals surface area contributed by atoms with E-state index in [0.29, 0.717) is 0 Å². The lowest BCUT2D eigenvalue weighted by molar-refractivity contribution is 0.724. The zero-order valence-electron chi connectivity index (χ0n) is 11.1. The Balaban J connectivity index is 2.04. The number of fused-ring (bicyclic) bond motifs is 1. The van der Waals surface area contributed by atoms with Crippen LogP contribution in [0.4, 0.5) is 0 Å². The maximum atomic E-state index is 4.57. The molecular formula is C14H16N4S. The minimum absolute atomic E-state index is 0.835. The molecule has 0 saturated carbocycles. The predicted molar refractivity (Wildman–Crippen MR) is 79.2 cm³/mol. The van der Waals surface area contributed by atoms with Gasteiger partial charge in [-0.05, 0) is 24.1 Å². The third-order valence-electron chi connectivity index (χ3n) is 3.05. The molecule has 0 radical (unpaired) electrons. The summed E-state index contributed by atoms with van der Waals surface area (Å²) in [5.41, 5.74) is 4.37. The van der Waals surface area contributed by atoms with Crippen molar-refractivity contribution >= 4 is 21.6 Å². The fourth-order valence-electron chi connectivity index (χ4n) is 2.15. The quantitative estimate of drug-likeness (QED) is 0.794. The van der Waals surface area contributed by atoms with Crippen molar-refractivity contribution in [1.82, 2.24) is 20.1 Å². The van der Waals surface area contributed by atoms with E-state index in [1.807, 2.05) is 24.0 Å². The summed E-state index contributed by atoms with van der Waals surface area (Å²) in [6.07, 6.45) is 3.98. The van der Waals surface area contributed by atoms with Crippen molar-refractivity contribution in [2.45, 2.75) is 13.5 Å². The number of pyridine rings is 1. The van der Waals surface area contributed by atoms with Crippen LogP contribution in [-0.4, -0.2) is 21.3 Å². The van der Waals surface area contributed by atoms with Crippen LogP contribution in [-0.2, 0) is 13.6 Å². The Morgan fingerprint density at radius 3 is 3.16 bits per heavy atom. The van der Waals surface area contributed by atoms with Gasteiger partial charge in [-0.2, -0.15) is 5.10 Å². The highest BCUT2D eigenvalue weighted by Gasteiger charge is 2.11. The minimum Gasteiger partial charge on any atom is -0.313 e. The maximum absolute atomic E-state index is 4.57. The highest BCUT2D eigenvalue weighted by atomic mass is 32.1. The molecule has 0 aliphatic rings. The summed E-state index contributed by atoms with van der Waals surface area (Å²) in [7, 11) is 1.95. The summed E-state index contributed by atoms with van der Waals surface area (Å²) >= 11 is 1.71. The van der Waals surface area contributed by atoms with Gasteiger partial charge in [0.05, 0.1) is 15.9 Å². The standard InChI is InChI=1S/C14H16N4S/c1-3-15-7-11-9-18(2)17-14(11)10-6-13-12(16-8-10)4-5-19-13/h4-6,8-9,15H,3,7H2,1-2H3. The lowest BCUT2D eigenvalue weighted by atomic mass is 10.1. The van der Waals surface area contributed by atoms with Gasteiger partial charge in [-0.1, -0.05) is 6.92 Å². The number of nitrogens with one attached hydrogen (secondary N) is 1. The van der Waals surface area contributed by atoms with Gasteiger partial charge in [0.15, 0.2) is 0 Å². The van der Waals surface area contributed by atoms with Crippen LogP contribution < -0.4 is 5.32 Å². The molecule has 0 aromatic carbocycles. The molecule has 3 rings (SSSR count). The van der Waals surface area contributed by atoms with Crippen LogP contribution >= 0.6 is 11.3 Å². The number of nitrogens with zero attached hydrogens (tertiary/aromatic N) is 3. The van der Waals surface area contributed by atoms with Crippen LogP contribution in [0.2, 0.25) is 0 Å². The Labute approximate surface area is 116 Å². The number of aryl methyl sites for hydroxylation is 1. The van der Waals surface area contributed by atoms with Crippen molar-refractivity contribution in [3.8, 4) is 11.3 Å². The van der Waals surface area contributed by atoms with Crippen LogP contribution in [0.3, 0.4) is 0 Å². The molecule has 0 atom stereocenters. The number of aromatic nitrogens is 3. The van der Waals surface area contributed by atoms with E-state index in [2.05, 4.69) is 40.0 Å². The van der Waals surface area contributed by atoms with E-state index < -0.39 is 0 Å². The van der Waals surface area contributed by atoms with Crippen LogP contribution in [0.5, 0.6) is 0 Å². The Morgan fingerprint density at radius 1 is 1.42 bits per heavy atom. The second kappa shape index (κ2) is 5.11. The monoisotopic (exact) mass is 272 g/mol. The van der Waals surface area contributed by atoms with Gasteiger partial charge in [-0.15, -0.1) is 11.3 Å². The lowest BCUT2D eigenvalue weighted by Gasteiger charge is -2.03.